The zero-order chi connectivity index (χ0) is 10.6. The minimum absolute atomic E-state index is 0.417. The number of carbonyl (C=O) groups is 1. The molecule has 0 heterocycles. The van der Waals surface area contributed by atoms with Gasteiger partial charge in [0.15, 0.2) is 6.07 Å². The highest BCUT2D eigenvalue weighted by atomic mass is 16.1. The molecule has 0 aliphatic carbocycles. The third-order valence-corrected chi connectivity index (χ3v) is 2.05. The van der Waals surface area contributed by atoms with Gasteiger partial charge in [0.05, 0.1) is 0 Å². The highest BCUT2D eigenvalue weighted by Gasteiger charge is 2.01. The molecule has 0 fully saturated rings. The van der Waals surface area contributed by atoms with Crippen molar-refractivity contribution in [2.24, 2.45) is 0 Å². The highest BCUT2D eigenvalue weighted by molar-refractivity contribution is 5.91. The van der Waals surface area contributed by atoms with E-state index in [1.807, 2.05) is 32.0 Å². The van der Waals surface area contributed by atoms with Crippen LogP contribution in [0.25, 0.3) is 0 Å². The molecule has 1 rings (SSSR count). The summed E-state index contributed by atoms with van der Waals surface area (Å²) in [6, 6.07) is 7.55. The number of nitriles is 1. The van der Waals surface area contributed by atoms with Crippen molar-refractivity contribution in [1.82, 2.24) is 5.32 Å². The Kier molecular flexibility index (Phi) is 3.24. The zero-order valence-electron chi connectivity index (χ0n) is 8.29. The first-order valence-corrected chi connectivity index (χ1v) is 4.37. The van der Waals surface area contributed by atoms with E-state index in [-0.39, 0.29) is 0 Å². The lowest BCUT2D eigenvalue weighted by Gasteiger charge is -2.06. The monoisotopic (exact) mass is 188 g/mol. The second kappa shape index (κ2) is 4.43. The van der Waals surface area contributed by atoms with E-state index in [0.717, 1.165) is 16.7 Å². The number of nitrogens with zero attached hydrogens (tertiary/aromatic N) is 1. The summed E-state index contributed by atoms with van der Waals surface area (Å²) in [6.07, 6.45) is 0. The third-order valence-electron chi connectivity index (χ3n) is 2.05. The van der Waals surface area contributed by atoms with Gasteiger partial charge in [-0.3, -0.25) is 4.79 Å². The highest BCUT2D eigenvalue weighted by Crippen LogP contribution is 2.09. The molecular weight excluding hydrogens is 176 g/mol. The molecule has 0 aliphatic heterocycles. The summed E-state index contributed by atoms with van der Waals surface area (Å²) in [7, 11) is 0. The molecule has 1 aromatic carbocycles. The quantitative estimate of drug-likeness (QED) is 0.714. The van der Waals surface area contributed by atoms with Crippen LogP contribution in [-0.2, 0) is 11.3 Å². The van der Waals surface area contributed by atoms with Crippen LogP contribution in [0, 0.1) is 25.2 Å². The molecule has 0 bridgehead atoms. The molecule has 0 saturated heterocycles. The van der Waals surface area contributed by atoms with Gasteiger partial charge in [0.1, 0.15) is 0 Å². The summed E-state index contributed by atoms with van der Waals surface area (Å²) in [5, 5.41) is 10.8. The second-order valence-electron chi connectivity index (χ2n) is 3.22. The van der Waals surface area contributed by atoms with E-state index in [2.05, 4.69) is 5.32 Å². The summed E-state index contributed by atoms with van der Waals surface area (Å²) < 4.78 is 0. The fourth-order valence-electron chi connectivity index (χ4n) is 1.21. The number of rotatable bonds is 2. The molecule has 3 nitrogen and oxygen atoms in total. The lowest BCUT2D eigenvalue weighted by Crippen LogP contribution is -2.21. The average molecular weight is 188 g/mol. The van der Waals surface area contributed by atoms with Crippen LogP contribution < -0.4 is 5.32 Å². The maximum absolute atomic E-state index is 10.7. The standard InChI is InChI=1S/C11H12N2O/c1-8-3-4-9(2)10(5-8)7-13-11(14)6-12/h3-5H,7H2,1-2H3,(H,13,14). The number of hydrogen-bond acceptors (Lipinski definition) is 2. The van der Waals surface area contributed by atoms with Crippen molar-refractivity contribution >= 4 is 5.91 Å². The van der Waals surface area contributed by atoms with E-state index in [0.29, 0.717) is 6.54 Å². The SMILES string of the molecule is Cc1ccc(C)c(CNC(=O)C#N)c1. The van der Waals surface area contributed by atoms with Gasteiger partial charge in [-0.1, -0.05) is 23.8 Å². The van der Waals surface area contributed by atoms with E-state index in [4.69, 9.17) is 5.26 Å². The normalized spacial score (nSPS) is 9.21. The van der Waals surface area contributed by atoms with Crippen LogP contribution in [0.15, 0.2) is 18.2 Å². The fraction of sp³-hybridized carbons (Fsp3) is 0.273. The Morgan fingerprint density at radius 3 is 2.86 bits per heavy atom. The molecule has 1 aromatic rings. The van der Waals surface area contributed by atoms with Gasteiger partial charge < -0.3 is 5.32 Å². The van der Waals surface area contributed by atoms with E-state index < -0.39 is 5.91 Å². The van der Waals surface area contributed by atoms with Crippen LogP contribution >= 0.6 is 0 Å². The molecule has 3 heteroatoms. The molecule has 1 N–H and O–H groups in total. The summed E-state index contributed by atoms with van der Waals surface area (Å²) in [5.41, 5.74) is 3.32. The van der Waals surface area contributed by atoms with Gasteiger partial charge >= 0.3 is 5.91 Å². The van der Waals surface area contributed by atoms with Crippen LogP contribution in [0.1, 0.15) is 16.7 Å². The fourth-order valence-corrected chi connectivity index (χ4v) is 1.21. The summed E-state index contributed by atoms with van der Waals surface area (Å²) in [4.78, 5) is 10.7. The second-order valence-corrected chi connectivity index (χ2v) is 3.22. The maximum Gasteiger partial charge on any atom is 0.322 e. The van der Waals surface area contributed by atoms with Crippen LogP contribution in [-0.4, -0.2) is 5.91 Å². The van der Waals surface area contributed by atoms with Gasteiger partial charge in [0, 0.05) is 6.54 Å². The molecule has 72 valence electrons. The number of benzene rings is 1. The first-order chi connectivity index (χ1) is 6.63. The van der Waals surface area contributed by atoms with Crippen molar-refractivity contribution in [3.05, 3.63) is 34.9 Å². The topological polar surface area (TPSA) is 52.9 Å². The van der Waals surface area contributed by atoms with E-state index >= 15 is 0 Å². The Hall–Kier alpha value is -1.82. The van der Waals surface area contributed by atoms with Crippen molar-refractivity contribution in [3.8, 4) is 6.07 Å². The van der Waals surface area contributed by atoms with Crippen molar-refractivity contribution in [2.45, 2.75) is 20.4 Å². The van der Waals surface area contributed by atoms with Crippen molar-refractivity contribution < 1.29 is 4.79 Å². The predicted octanol–water partition coefficient (Wildman–Crippen LogP) is 1.44. The molecule has 0 aliphatic rings. The Morgan fingerprint density at radius 2 is 2.21 bits per heavy atom. The molecule has 1 amide bonds. The average Bonchev–Trinajstić information content (AvgIpc) is 2.19. The van der Waals surface area contributed by atoms with Gasteiger partial charge in [-0.2, -0.15) is 5.26 Å². The molecule has 0 aromatic heterocycles. The Bertz CT molecular complexity index is 391. The number of aryl methyl sites for hydroxylation is 2. The lowest BCUT2D eigenvalue weighted by atomic mass is 10.1. The van der Waals surface area contributed by atoms with Gasteiger partial charge in [-0.15, -0.1) is 0 Å². The number of nitrogens with one attached hydrogen (secondary N) is 1. The largest absolute Gasteiger partial charge is 0.339 e. The molecular formula is C11H12N2O. The van der Waals surface area contributed by atoms with Crippen LogP contribution in [0.5, 0.6) is 0 Å². The Morgan fingerprint density at radius 1 is 1.50 bits per heavy atom. The third kappa shape index (κ3) is 2.60. The molecule has 0 saturated carbocycles. The van der Waals surface area contributed by atoms with Crippen LogP contribution in [0.2, 0.25) is 0 Å². The van der Waals surface area contributed by atoms with Crippen LogP contribution in [0.3, 0.4) is 0 Å². The number of carbonyl (C=O) groups excluding carboxylic acids is 1. The van der Waals surface area contributed by atoms with Gasteiger partial charge in [-0.05, 0) is 25.0 Å². The first-order valence-electron chi connectivity index (χ1n) is 4.37. The molecule has 0 spiro atoms. The molecule has 0 radical (unpaired) electrons. The Labute approximate surface area is 83.4 Å². The molecule has 0 unspecified atom stereocenters. The first kappa shape index (κ1) is 10.3. The van der Waals surface area contributed by atoms with E-state index in [1.165, 1.54) is 6.07 Å². The minimum Gasteiger partial charge on any atom is -0.339 e. The van der Waals surface area contributed by atoms with Gasteiger partial charge in [0.2, 0.25) is 0 Å². The van der Waals surface area contributed by atoms with Crippen molar-refractivity contribution in [2.75, 3.05) is 0 Å². The Balaban J connectivity index is 2.72. The number of amides is 1. The summed E-state index contributed by atoms with van der Waals surface area (Å²) in [6.45, 7) is 4.39. The van der Waals surface area contributed by atoms with Gasteiger partial charge in [0.25, 0.3) is 0 Å². The summed E-state index contributed by atoms with van der Waals surface area (Å²) in [5.74, 6) is -0.592. The smallest absolute Gasteiger partial charge is 0.322 e. The zero-order valence-corrected chi connectivity index (χ0v) is 8.29. The number of hydrogen-bond donors (Lipinski definition) is 1. The molecule has 0 atom stereocenters. The lowest BCUT2D eigenvalue weighted by molar-refractivity contribution is -0.116. The van der Waals surface area contributed by atoms with Gasteiger partial charge in [-0.25, -0.2) is 0 Å². The maximum atomic E-state index is 10.7. The van der Waals surface area contributed by atoms with Crippen molar-refractivity contribution in [3.63, 3.8) is 0 Å². The molecule has 14 heavy (non-hydrogen) atoms. The van der Waals surface area contributed by atoms with E-state index in [9.17, 15) is 4.79 Å². The van der Waals surface area contributed by atoms with E-state index in [1.54, 1.807) is 0 Å². The minimum atomic E-state index is -0.592. The van der Waals surface area contributed by atoms with Crippen LogP contribution in [0.4, 0.5) is 0 Å². The predicted molar refractivity (Wildman–Crippen MR) is 53.4 cm³/mol. The summed E-state index contributed by atoms with van der Waals surface area (Å²) >= 11 is 0. The van der Waals surface area contributed by atoms with Crippen molar-refractivity contribution in [1.29, 1.82) is 5.26 Å².